The zero-order valence-corrected chi connectivity index (χ0v) is 21.1. The highest BCUT2D eigenvalue weighted by molar-refractivity contribution is 6.03. The maximum absolute atomic E-state index is 13.5. The van der Waals surface area contributed by atoms with Crippen LogP contribution in [0, 0.1) is 0 Å². The summed E-state index contributed by atoms with van der Waals surface area (Å²) in [5, 5.41) is 11.6. The number of carbonyl (C=O) groups excluding carboxylic acids is 2. The standard InChI is InChI=1S/C26H19F6N5O5/c27-25(28,29)15-5-1-3-13(7-15)20(38)24(40)9-18(37-12-36-19-21(33)34-11-35-22(19)37)42-17(24)10-41-23(39)14-4-2-6-16(8-14)26(30,31)32/h1-8,11-12,17-18,40H,9-10H2,(H2,33,34,35)/t17-,18-,24+/m1/s1. The molecule has 16 heteroatoms. The zero-order chi connectivity index (χ0) is 30.4. The average Bonchev–Trinajstić information content (AvgIpc) is 3.53. The van der Waals surface area contributed by atoms with Gasteiger partial charge in [0, 0.05) is 12.0 Å². The summed E-state index contributed by atoms with van der Waals surface area (Å²) in [6.07, 6.45) is -10.6. The molecule has 0 aliphatic carbocycles. The number of alkyl halides is 6. The van der Waals surface area contributed by atoms with Crippen molar-refractivity contribution in [3.05, 3.63) is 83.4 Å². The molecule has 4 aromatic rings. The molecule has 2 aromatic carbocycles. The minimum Gasteiger partial charge on any atom is -0.459 e. The van der Waals surface area contributed by atoms with E-state index in [4.69, 9.17) is 15.2 Å². The number of aromatic nitrogens is 4. The van der Waals surface area contributed by atoms with Crippen LogP contribution in [-0.4, -0.2) is 54.7 Å². The van der Waals surface area contributed by atoms with Crippen LogP contribution in [-0.2, 0) is 21.8 Å². The van der Waals surface area contributed by atoms with Crippen molar-refractivity contribution in [3.8, 4) is 0 Å². The summed E-state index contributed by atoms with van der Waals surface area (Å²) in [7, 11) is 0. The van der Waals surface area contributed by atoms with Crippen LogP contribution in [0.1, 0.15) is 44.5 Å². The third-order valence-corrected chi connectivity index (χ3v) is 6.67. The molecule has 42 heavy (non-hydrogen) atoms. The van der Waals surface area contributed by atoms with Crippen LogP contribution in [0.5, 0.6) is 0 Å². The van der Waals surface area contributed by atoms with Gasteiger partial charge in [0.05, 0.1) is 23.0 Å². The van der Waals surface area contributed by atoms with Gasteiger partial charge in [-0.15, -0.1) is 0 Å². The number of anilines is 1. The monoisotopic (exact) mass is 595 g/mol. The Morgan fingerprint density at radius 3 is 2.26 bits per heavy atom. The third kappa shape index (κ3) is 5.37. The van der Waals surface area contributed by atoms with Crippen molar-refractivity contribution in [3.63, 3.8) is 0 Å². The number of Topliss-reactive ketones (excluding diaryl/α,β-unsaturated/α-hetero) is 1. The molecule has 5 rings (SSSR count). The van der Waals surface area contributed by atoms with Gasteiger partial charge in [-0.3, -0.25) is 9.36 Å². The number of imidazole rings is 1. The fraction of sp³-hybridized carbons (Fsp3) is 0.269. The van der Waals surface area contributed by atoms with E-state index in [1.165, 1.54) is 10.9 Å². The number of hydrogen-bond acceptors (Lipinski definition) is 9. The predicted octanol–water partition coefficient (Wildman–Crippen LogP) is 4.20. The number of halogens is 6. The van der Waals surface area contributed by atoms with Crippen molar-refractivity contribution in [2.75, 3.05) is 12.3 Å². The molecule has 220 valence electrons. The van der Waals surface area contributed by atoms with Crippen LogP contribution in [0.25, 0.3) is 11.2 Å². The van der Waals surface area contributed by atoms with Gasteiger partial charge in [0.2, 0.25) is 0 Å². The molecule has 3 heterocycles. The van der Waals surface area contributed by atoms with Crippen molar-refractivity contribution in [2.45, 2.75) is 36.7 Å². The van der Waals surface area contributed by atoms with Crippen LogP contribution in [0.3, 0.4) is 0 Å². The predicted molar refractivity (Wildman–Crippen MR) is 131 cm³/mol. The number of rotatable bonds is 6. The Balaban J connectivity index is 1.47. The lowest BCUT2D eigenvalue weighted by molar-refractivity contribution is -0.138. The lowest BCUT2D eigenvalue weighted by Gasteiger charge is -2.26. The Hall–Kier alpha value is -4.57. The average molecular weight is 595 g/mol. The first-order chi connectivity index (χ1) is 19.7. The Kier molecular flexibility index (Phi) is 7.14. The first-order valence-corrected chi connectivity index (χ1v) is 12.1. The smallest absolute Gasteiger partial charge is 0.416 e. The van der Waals surface area contributed by atoms with Gasteiger partial charge in [-0.25, -0.2) is 19.7 Å². The number of aliphatic hydroxyl groups is 1. The SMILES string of the molecule is Nc1ncnc2c1ncn2[C@H]1C[C@@](O)(C(=O)c2cccc(C(F)(F)F)c2)[C@@H](COC(=O)c2cccc(C(F)(F)F)c2)O1. The van der Waals surface area contributed by atoms with E-state index in [1.54, 1.807) is 0 Å². The molecule has 0 unspecified atom stereocenters. The number of nitrogen functional groups attached to an aromatic ring is 1. The van der Waals surface area contributed by atoms with E-state index in [0.717, 1.165) is 42.7 Å². The lowest BCUT2D eigenvalue weighted by Crippen LogP contribution is -2.48. The fourth-order valence-corrected chi connectivity index (χ4v) is 4.55. The molecule has 3 N–H and O–H groups in total. The molecule has 10 nitrogen and oxygen atoms in total. The second-order valence-corrected chi connectivity index (χ2v) is 9.38. The van der Waals surface area contributed by atoms with Crippen LogP contribution < -0.4 is 5.73 Å². The van der Waals surface area contributed by atoms with Crippen molar-refractivity contribution < 1.29 is 50.5 Å². The quantitative estimate of drug-likeness (QED) is 0.191. The Labute approximate surface area is 231 Å². The van der Waals surface area contributed by atoms with Crippen molar-refractivity contribution in [2.24, 2.45) is 0 Å². The number of nitrogens with two attached hydrogens (primary N) is 1. The summed E-state index contributed by atoms with van der Waals surface area (Å²) in [6.45, 7) is -0.851. The Morgan fingerprint density at radius 2 is 1.62 bits per heavy atom. The third-order valence-electron chi connectivity index (χ3n) is 6.67. The largest absolute Gasteiger partial charge is 0.459 e. The highest BCUT2D eigenvalue weighted by Crippen LogP contribution is 2.41. The van der Waals surface area contributed by atoms with E-state index in [2.05, 4.69) is 15.0 Å². The van der Waals surface area contributed by atoms with Crippen LogP contribution in [0.4, 0.5) is 32.2 Å². The van der Waals surface area contributed by atoms with Gasteiger partial charge in [0.15, 0.2) is 22.8 Å². The molecule has 0 radical (unpaired) electrons. The van der Waals surface area contributed by atoms with Gasteiger partial charge < -0.3 is 20.3 Å². The summed E-state index contributed by atoms with van der Waals surface area (Å²) in [5.41, 5.74) is 0.313. The molecule has 0 amide bonds. The highest BCUT2D eigenvalue weighted by Gasteiger charge is 2.54. The number of ether oxygens (including phenoxy) is 2. The van der Waals surface area contributed by atoms with Crippen molar-refractivity contribution in [1.82, 2.24) is 19.5 Å². The van der Waals surface area contributed by atoms with Crippen LogP contribution in [0.15, 0.2) is 61.2 Å². The van der Waals surface area contributed by atoms with Crippen molar-refractivity contribution in [1.29, 1.82) is 0 Å². The molecule has 0 spiro atoms. The van der Waals surface area contributed by atoms with Gasteiger partial charge in [0.25, 0.3) is 0 Å². The molecule has 1 fully saturated rings. The Morgan fingerprint density at radius 1 is 1.00 bits per heavy atom. The topological polar surface area (TPSA) is 142 Å². The minimum absolute atomic E-state index is 0.0126. The summed E-state index contributed by atoms with van der Waals surface area (Å²) >= 11 is 0. The molecule has 2 aromatic heterocycles. The molecule has 3 atom stereocenters. The number of carbonyl (C=O) groups is 2. The van der Waals surface area contributed by atoms with Gasteiger partial charge in [-0.05, 0) is 30.3 Å². The number of benzene rings is 2. The highest BCUT2D eigenvalue weighted by atomic mass is 19.4. The molecule has 1 aliphatic heterocycles. The van der Waals surface area contributed by atoms with Gasteiger partial charge in [-0.1, -0.05) is 18.2 Å². The molecule has 0 saturated carbocycles. The maximum Gasteiger partial charge on any atom is 0.416 e. The normalized spacial score (nSPS) is 21.0. The van der Waals surface area contributed by atoms with Crippen LogP contribution in [0.2, 0.25) is 0 Å². The molecule has 0 bridgehead atoms. The summed E-state index contributed by atoms with van der Waals surface area (Å²) in [6, 6.07) is 6.71. The van der Waals surface area contributed by atoms with E-state index >= 15 is 0 Å². The first-order valence-electron chi connectivity index (χ1n) is 12.1. The number of fused-ring (bicyclic) bond motifs is 1. The van der Waals surface area contributed by atoms with Crippen molar-refractivity contribution >= 4 is 28.7 Å². The Bertz CT molecular complexity index is 1670. The van der Waals surface area contributed by atoms with E-state index in [1.807, 2.05) is 0 Å². The summed E-state index contributed by atoms with van der Waals surface area (Å²) in [4.78, 5) is 38.1. The summed E-state index contributed by atoms with van der Waals surface area (Å²) in [5.74, 6) is -2.39. The number of esters is 1. The second kappa shape index (κ2) is 10.4. The molecule has 1 saturated heterocycles. The fourth-order valence-electron chi connectivity index (χ4n) is 4.55. The van der Waals surface area contributed by atoms with E-state index in [-0.39, 0.29) is 17.0 Å². The second-order valence-electron chi connectivity index (χ2n) is 9.38. The number of hydrogen-bond donors (Lipinski definition) is 2. The van der Waals surface area contributed by atoms with Crippen LogP contribution >= 0.6 is 0 Å². The first kappa shape index (κ1) is 28.9. The molecule has 1 aliphatic rings. The van der Waals surface area contributed by atoms with E-state index in [9.17, 15) is 41.0 Å². The van der Waals surface area contributed by atoms with E-state index < -0.39 is 77.3 Å². The minimum atomic E-state index is -4.79. The molecular weight excluding hydrogens is 576 g/mol. The van der Waals surface area contributed by atoms with Gasteiger partial charge in [-0.2, -0.15) is 26.3 Å². The van der Waals surface area contributed by atoms with Gasteiger partial charge in [0.1, 0.15) is 30.8 Å². The zero-order valence-electron chi connectivity index (χ0n) is 21.1. The van der Waals surface area contributed by atoms with E-state index in [0.29, 0.717) is 12.1 Å². The number of ketones is 1. The summed E-state index contributed by atoms with van der Waals surface area (Å²) < 4.78 is 91.5. The molecular formula is C26H19F6N5O5. The van der Waals surface area contributed by atoms with Gasteiger partial charge >= 0.3 is 18.3 Å². The lowest BCUT2D eigenvalue weighted by atomic mass is 9.86. The number of nitrogens with zero attached hydrogens (tertiary/aromatic N) is 4. The maximum atomic E-state index is 13.5.